The Balaban J connectivity index is 0.00000882. The predicted molar refractivity (Wildman–Crippen MR) is 179 cm³/mol. The molecule has 1 unspecified atom stereocenters. The molecule has 13 heteroatoms. The van der Waals surface area contributed by atoms with Crippen LogP contribution in [0.5, 0.6) is 0 Å². The minimum atomic E-state index is -4.05. The first-order valence-corrected chi connectivity index (χ1v) is 21.5. The number of thioether (sulfide) groups is 1. The number of rotatable bonds is 22. The zero-order valence-electron chi connectivity index (χ0n) is 26.6. The first-order chi connectivity index (χ1) is 19.6. The first-order valence-electron chi connectivity index (χ1n) is 15.1. The summed E-state index contributed by atoms with van der Waals surface area (Å²) in [5, 5.41) is 0. The molecule has 2 atom stereocenters. The smallest absolute Gasteiger partial charge is 0.165 e. The topological polar surface area (TPSA) is 165 Å². The average Bonchev–Trinajstić information content (AvgIpc) is 3.32. The lowest BCUT2D eigenvalue weighted by atomic mass is 10.1. The maximum Gasteiger partial charge on any atom is 0.165 e. The molecule has 10 nitrogen and oxygen atoms in total. The van der Waals surface area contributed by atoms with E-state index in [-0.39, 0.29) is 18.9 Å². The van der Waals surface area contributed by atoms with Crippen molar-refractivity contribution in [2.45, 2.75) is 116 Å². The summed E-state index contributed by atoms with van der Waals surface area (Å²) in [6.07, 6.45) is 17.0. The fourth-order valence-electron chi connectivity index (χ4n) is 4.24. The number of nitrogens with zero attached hydrogens (tertiary/aromatic N) is 4. The van der Waals surface area contributed by atoms with E-state index in [1.807, 2.05) is 11.8 Å². The monoisotopic (exact) mass is 642 g/mol. The minimum absolute atomic E-state index is 0. The van der Waals surface area contributed by atoms with Crippen LogP contribution in [0.3, 0.4) is 0 Å². The van der Waals surface area contributed by atoms with Crippen molar-refractivity contribution in [2.24, 2.45) is 0 Å². The maximum atomic E-state index is 12.2. The Kier molecular flexibility index (Phi) is 19.5. The van der Waals surface area contributed by atoms with Crippen LogP contribution in [0.1, 0.15) is 84.0 Å². The number of aromatic nitrogens is 4. The van der Waals surface area contributed by atoms with Gasteiger partial charge in [0.2, 0.25) is 0 Å². The molecule has 0 aliphatic carbocycles. The highest BCUT2D eigenvalue weighted by molar-refractivity contribution is 7.99. The standard InChI is InChI=1S/C29H52N5O4PSSi.H3N/c1-26(22-34-24-33-27-28(30)31-23-32-29(27)34)37-25-39(35,36)38-18-17-20-40-19-15-13-11-9-7-5-6-8-10-12-14-16-21-41(2,3)4;/h23-24,26H,5-15,17-20,22,25H2,1-4H3,(H,35,36)(H2,30,31,32);1H3/t26-;/m1./s1. The van der Waals surface area contributed by atoms with Gasteiger partial charge in [0.05, 0.1) is 25.6 Å². The summed E-state index contributed by atoms with van der Waals surface area (Å²) in [7, 11) is -5.24. The van der Waals surface area contributed by atoms with Crippen LogP contribution < -0.4 is 16.8 Å². The van der Waals surface area contributed by atoms with Gasteiger partial charge in [0.15, 0.2) is 19.1 Å². The second kappa shape index (κ2) is 21.3. The zero-order valence-corrected chi connectivity index (χ0v) is 29.3. The Bertz CT molecular complexity index is 1120. The molecule has 2 heterocycles. The van der Waals surface area contributed by atoms with Gasteiger partial charge in [-0.05, 0) is 37.7 Å². The van der Waals surface area contributed by atoms with Gasteiger partial charge < -0.3 is 35.2 Å². The Labute approximate surface area is 258 Å². The first kappa shape index (κ1) is 38.6. The highest BCUT2D eigenvalue weighted by Gasteiger charge is 2.15. The SMILES string of the molecule is C[C@H](Cn1cnc2c(N)ncnc21)OCP(=O)([O-])OCCCSCCCCCCCCCCCCC#C[Si](C)(C)C.[NH4+]. The third-order valence-electron chi connectivity index (χ3n) is 6.43. The number of fused-ring (bicyclic) bond motifs is 1. The van der Waals surface area contributed by atoms with Crippen molar-refractivity contribution in [3.05, 3.63) is 12.7 Å². The van der Waals surface area contributed by atoms with Gasteiger partial charge in [-0.25, -0.2) is 15.0 Å². The number of hydrogen-bond acceptors (Lipinski definition) is 9. The highest BCUT2D eigenvalue weighted by Crippen LogP contribution is 2.37. The van der Waals surface area contributed by atoms with Gasteiger partial charge in [0, 0.05) is 6.42 Å². The molecule has 6 N–H and O–H groups in total. The van der Waals surface area contributed by atoms with Crippen molar-refractivity contribution < 1.29 is 18.7 Å². The van der Waals surface area contributed by atoms with E-state index in [1.165, 1.54) is 70.5 Å². The summed E-state index contributed by atoms with van der Waals surface area (Å²) < 4.78 is 24.6. The summed E-state index contributed by atoms with van der Waals surface area (Å²) in [4.78, 5) is 24.5. The van der Waals surface area contributed by atoms with Crippen molar-refractivity contribution in [3.8, 4) is 11.5 Å². The number of nitrogen functional groups attached to an aromatic ring is 1. The maximum absolute atomic E-state index is 12.2. The number of anilines is 1. The molecule has 0 spiro atoms. The van der Waals surface area contributed by atoms with E-state index in [0.717, 1.165) is 17.9 Å². The molecule has 0 amide bonds. The average molecular weight is 643 g/mol. The lowest BCUT2D eigenvalue weighted by molar-refractivity contribution is -0.205. The van der Waals surface area contributed by atoms with Crippen molar-refractivity contribution in [1.82, 2.24) is 25.7 Å². The quantitative estimate of drug-likeness (QED) is 0.0594. The van der Waals surface area contributed by atoms with Crippen LogP contribution in [0, 0.1) is 11.5 Å². The summed E-state index contributed by atoms with van der Waals surface area (Å²) in [5.41, 5.74) is 10.4. The summed E-state index contributed by atoms with van der Waals surface area (Å²) >= 11 is 1.87. The fourth-order valence-corrected chi connectivity index (χ4v) is 6.75. The third kappa shape index (κ3) is 17.6. The largest absolute Gasteiger partial charge is 0.777 e. The van der Waals surface area contributed by atoms with Crippen LogP contribution in [-0.2, 0) is 20.4 Å². The minimum Gasteiger partial charge on any atom is -0.777 e. The molecule has 2 rings (SSSR count). The van der Waals surface area contributed by atoms with E-state index >= 15 is 0 Å². The van der Waals surface area contributed by atoms with E-state index in [1.54, 1.807) is 17.8 Å². The second-order valence-corrected chi connectivity index (χ2v) is 19.4. The zero-order chi connectivity index (χ0) is 30.0. The summed E-state index contributed by atoms with van der Waals surface area (Å²) in [6, 6.07) is 0. The number of hydrogen-bond donors (Lipinski definition) is 2. The van der Waals surface area contributed by atoms with Crippen LogP contribution in [-0.4, -0.2) is 58.2 Å². The molecule has 0 aliphatic rings. The molecule has 0 aliphatic heterocycles. The molecule has 2 aromatic heterocycles. The van der Waals surface area contributed by atoms with E-state index in [9.17, 15) is 9.46 Å². The molecule has 0 saturated carbocycles. The molecule has 240 valence electrons. The van der Waals surface area contributed by atoms with Gasteiger partial charge in [-0.1, -0.05) is 71.0 Å². The van der Waals surface area contributed by atoms with Crippen molar-refractivity contribution in [2.75, 3.05) is 30.2 Å². The van der Waals surface area contributed by atoms with Crippen LogP contribution in [0.2, 0.25) is 19.6 Å². The Morgan fingerprint density at radius 2 is 1.62 bits per heavy atom. The van der Waals surface area contributed by atoms with Gasteiger partial charge in [-0.2, -0.15) is 11.8 Å². The Hall–Kier alpha value is -1.45. The molecule has 0 aromatic carbocycles. The number of ether oxygens (including phenoxy) is 1. The molecular weight excluding hydrogens is 587 g/mol. The number of imidazole rings is 1. The van der Waals surface area contributed by atoms with Crippen molar-refractivity contribution >= 4 is 44.4 Å². The van der Waals surface area contributed by atoms with Gasteiger partial charge in [0.1, 0.15) is 26.3 Å². The molecule has 2 aromatic rings. The van der Waals surface area contributed by atoms with Gasteiger partial charge >= 0.3 is 0 Å². The highest BCUT2D eigenvalue weighted by atomic mass is 32.2. The van der Waals surface area contributed by atoms with Crippen LogP contribution in [0.4, 0.5) is 5.82 Å². The molecular formula is C29H55N6O4PSSi. The molecule has 42 heavy (non-hydrogen) atoms. The van der Waals surface area contributed by atoms with E-state index in [0.29, 0.717) is 29.9 Å². The second-order valence-electron chi connectivity index (χ2n) is 11.7. The molecule has 0 bridgehead atoms. The fraction of sp³-hybridized carbons (Fsp3) is 0.759. The van der Waals surface area contributed by atoms with E-state index in [2.05, 4.69) is 46.1 Å². The number of unbranched alkanes of at least 4 members (excludes halogenated alkanes) is 10. The number of nitrogens with two attached hydrogens (primary N) is 1. The van der Waals surface area contributed by atoms with Gasteiger partial charge in [-0.15, -0.1) is 11.5 Å². The van der Waals surface area contributed by atoms with Crippen molar-refractivity contribution in [3.63, 3.8) is 0 Å². The van der Waals surface area contributed by atoms with Gasteiger partial charge in [-0.3, -0.25) is 0 Å². The number of quaternary nitrogens is 1. The normalized spacial score (nSPS) is 13.7. The molecule has 0 fully saturated rings. The van der Waals surface area contributed by atoms with Crippen LogP contribution in [0.25, 0.3) is 11.2 Å². The summed E-state index contributed by atoms with van der Waals surface area (Å²) in [5.74, 6) is 5.70. The van der Waals surface area contributed by atoms with Crippen LogP contribution >= 0.6 is 19.4 Å². The Morgan fingerprint density at radius 3 is 2.29 bits per heavy atom. The third-order valence-corrected chi connectivity index (χ3v) is 9.55. The van der Waals surface area contributed by atoms with Crippen molar-refractivity contribution in [1.29, 1.82) is 0 Å². The van der Waals surface area contributed by atoms with E-state index < -0.39 is 22.0 Å². The molecule has 0 saturated heterocycles. The lowest BCUT2D eigenvalue weighted by Gasteiger charge is -2.25. The Morgan fingerprint density at radius 1 is 1.00 bits per heavy atom. The lowest BCUT2D eigenvalue weighted by Crippen LogP contribution is -2.20. The predicted octanol–water partition coefficient (Wildman–Crippen LogP) is 7.01. The van der Waals surface area contributed by atoms with Gasteiger partial charge in [0.25, 0.3) is 0 Å². The van der Waals surface area contributed by atoms with Crippen LogP contribution in [0.15, 0.2) is 12.7 Å². The van der Waals surface area contributed by atoms with E-state index in [4.69, 9.17) is 15.0 Å². The summed E-state index contributed by atoms with van der Waals surface area (Å²) in [6.45, 7) is 9.28. The molecule has 0 radical (unpaired) electrons.